The van der Waals surface area contributed by atoms with Gasteiger partial charge in [-0.3, -0.25) is 0 Å². The number of ether oxygens (including phenoxy) is 3. The molecule has 4 aliphatic carbocycles. The van der Waals surface area contributed by atoms with Crippen LogP contribution in [0.15, 0.2) is 12.2 Å². The topological polar surface area (TPSA) is 44.8 Å². The summed E-state index contributed by atoms with van der Waals surface area (Å²) in [6.45, 7) is 11.6. The van der Waals surface area contributed by atoms with E-state index >= 15 is 0 Å². The van der Waals surface area contributed by atoms with Crippen molar-refractivity contribution in [3.05, 3.63) is 12.2 Å². The first-order valence-corrected chi connectivity index (χ1v) is 9.94. The molecule has 4 heteroatoms. The van der Waals surface area contributed by atoms with Crippen molar-refractivity contribution in [2.45, 2.75) is 83.0 Å². The first-order valence-electron chi connectivity index (χ1n) is 9.94. The third-order valence-electron chi connectivity index (χ3n) is 7.38. The molecule has 0 aromatic carbocycles. The lowest BCUT2D eigenvalue weighted by atomic mass is 9.52. The fourth-order valence-corrected chi connectivity index (χ4v) is 6.23. The van der Waals surface area contributed by atoms with E-state index in [-0.39, 0.29) is 28.7 Å². The van der Waals surface area contributed by atoms with Gasteiger partial charge in [0.2, 0.25) is 0 Å². The van der Waals surface area contributed by atoms with Crippen LogP contribution in [0.25, 0.3) is 0 Å². The molecule has 4 saturated carbocycles. The van der Waals surface area contributed by atoms with Gasteiger partial charge < -0.3 is 14.2 Å². The monoisotopic (exact) mass is 348 g/mol. The summed E-state index contributed by atoms with van der Waals surface area (Å²) >= 11 is 0. The Labute approximate surface area is 151 Å². The summed E-state index contributed by atoms with van der Waals surface area (Å²) in [5.41, 5.74) is 0.229. The Morgan fingerprint density at radius 2 is 1.80 bits per heavy atom. The van der Waals surface area contributed by atoms with Crippen LogP contribution in [-0.4, -0.2) is 36.5 Å². The van der Waals surface area contributed by atoms with E-state index in [4.69, 9.17) is 14.2 Å². The third-order valence-corrected chi connectivity index (χ3v) is 7.38. The Hall–Kier alpha value is -0.870. The highest BCUT2D eigenvalue weighted by atomic mass is 16.6. The molecule has 0 radical (unpaired) electrons. The predicted molar refractivity (Wildman–Crippen MR) is 95.1 cm³/mol. The van der Waals surface area contributed by atoms with Crippen molar-refractivity contribution < 1.29 is 19.0 Å². The summed E-state index contributed by atoms with van der Waals surface area (Å²) in [6.07, 6.45) is 7.67. The number of esters is 1. The molecular weight excluding hydrogens is 316 g/mol. The Bertz CT molecular complexity index is 557. The molecule has 4 bridgehead atoms. The number of rotatable bonds is 6. The van der Waals surface area contributed by atoms with Crippen LogP contribution >= 0.6 is 0 Å². The largest absolute Gasteiger partial charge is 0.456 e. The second-order valence-corrected chi connectivity index (χ2v) is 9.47. The number of carbonyl (C=O) groups is 1. The summed E-state index contributed by atoms with van der Waals surface area (Å²) in [7, 11) is 0. The van der Waals surface area contributed by atoms with Gasteiger partial charge in [-0.15, -0.1) is 0 Å². The minimum absolute atomic E-state index is 0.114. The van der Waals surface area contributed by atoms with E-state index in [0.29, 0.717) is 17.4 Å². The van der Waals surface area contributed by atoms with E-state index in [0.717, 1.165) is 51.7 Å². The molecule has 1 heterocycles. The van der Waals surface area contributed by atoms with E-state index in [1.807, 2.05) is 0 Å². The predicted octanol–water partition coefficient (Wildman–Crippen LogP) is 4.03. The van der Waals surface area contributed by atoms with Crippen LogP contribution < -0.4 is 0 Å². The van der Waals surface area contributed by atoms with Gasteiger partial charge in [-0.2, -0.15) is 0 Å². The smallest absolute Gasteiger partial charge is 0.333 e. The zero-order valence-electron chi connectivity index (χ0n) is 15.9. The molecule has 0 spiro atoms. The quantitative estimate of drug-likeness (QED) is 0.537. The van der Waals surface area contributed by atoms with Crippen LogP contribution in [0.5, 0.6) is 0 Å². The molecule has 1 aliphatic heterocycles. The minimum atomic E-state index is -0.324. The first kappa shape index (κ1) is 17.5. The molecule has 0 aromatic heterocycles. The van der Waals surface area contributed by atoms with Crippen molar-refractivity contribution in [2.24, 2.45) is 17.3 Å². The van der Waals surface area contributed by atoms with Gasteiger partial charge in [-0.25, -0.2) is 4.79 Å². The molecule has 5 rings (SSSR count). The maximum atomic E-state index is 12.2. The van der Waals surface area contributed by atoms with Crippen molar-refractivity contribution >= 4 is 5.97 Å². The molecule has 25 heavy (non-hydrogen) atoms. The fourth-order valence-electron chi connectivity index (χ4n) is 6.23. The van der Waals surface area contributed by atoms with Crippen LogP contribution in [0.4, 0.5) is 0 Å². The van der Waals surface area contributed by atoms with E-state index in [1.54, 1.807) is 6.92 Å². The second kappa shape index (κ2) is 5.82. The molecule has 5 fully saturated rings. The van der Waals surface area contributed by atoms with Crippen molar-refractivity contribution in [3.63, 3.8) is 0 Å². The van der Waals surface area contributed by atoms with Crippen LogP contribution in [0.2, 0.25) is 0 Å². The summed E-state index contributed by atoms with van der Waals surface area (Å²) in [6, 6.07) is 0. The van der Waals surface area contributed by atoms with Crippen molar-refractivity contribution in [1.29, 1.82) is 0 Å². The minimum Gasteiger partial charge on any atom is -0.456 e. The SMILES string of the molecule is C=C(C)C(=O)OC12CC3CC(C1)CC(OC(C)C1(CC)COC1)(C3)C2. The number of hydrogen-bond donors (Lipinski definition) is 0. The molecular formula is C21H32O4. The van der Waals surface area contributed by atoms with Crippen LogP contribution in [0, 0.1) is 17.3 Å². The molecule has 140 valence electrons. The van der Waals surface area contributed by atoms with Gasteiger partial charge in [0.25, 0.3) is 0 Å². The average molecular weight is 348 g/mol. The van der Waals surface area contributed by atoms with Gasteiger partial charge in [-0.1, -0.05) is 13.5 Å². The van der Waals surface area contributed by atoms with Gasteiger partial charge in [0, 0.05) is 17.4 Å². The van der Waals surface area contributed by atoms with E-state index < -0.39 is 0 Å². The Kier molecular flexibility index (Phi) is 4.08. The standard InChI is InChI=1S/C21H32O4/c1-5-19(12-23-13-19)15(4)24-20-7-16-6-17(8-20)10-21(9-16,11-20)25-18(22)14(2)3/h15-17H,2,5-13H2,1,3-4H3. The molecule has 3 unspecified atom stereocenters. The van der Waals surface area contributed by atoms with Gasteiger partial charge >= 0.3 is 5.97 Å². The normalized spacial score (nSPS) is 41.9. The van der Waals surface area contributed by atoms with Crippen molar-refractivity contribution in [1.82, 2.24) is 0 Å². The van der Waals surface area contributed by atoms with Gasteiger partial charge in [0.1, 0.15) is 5.60 Å². The molecule has 1 saturated heterocycles. The van der Waals surface area contributed by atoms with E-state index in [9.17, 15) is 4.79 Å². The summed E-state index contributed by atoms with van der Waals surface area (Å²) in [5.74, 6) is 1.02. The summed E-state index contributed by atoms with van der Waals surface area (Å²) in [4.78, 5) is 12.2. The first-order chi connectivity index (χ1) is 11.8. The van der Waals surface area contributed by atoms with Crippen molar-refractivity contribution in [3.8, 4) is 0 Å². The number of carbonyl (C=O) groups excluding carboxylic acids is 1. The highest BCUT2D eigenvalue weighted by molar-refractivity contribution is 5.87. The van der Waals surface area contributed by atoms with E-state index in [1.165, 1.54) is 6.42 Å². The Morgan fingerprint density at radius 3 is 2.28 bits per heavy atom. The molecule has 0 N–H and O–H groups in total. The third kappa shape index (κ3) is 2.86. The van der Waals surface area contributed by atoms with Crippen molar-refractivity contribution in [2.75, 3.05) is 13.2 Å². The Balaban J connectivity index is 1.54. The van der Waals surface area contributed by atoms with Crippen LogP contribution in [0.3, 0.4) is 0 Å². The summed E-state index contributed by atoms with van der Waals surface area (Å²) < 4.78 is 18.4. The zero-order valence-corrected chi connectivity index (χ0v) is 15.9. The lowest BCUT2D eigenvalue weighted by Crippen LogP contribution is -2.63. The second-order valence-electron chi connectivity index (χ2n) is 9.47. The van der Waals surface area contributed by atoms with E-state index in [2.05, 4.69) is 20.4 Å². The maximum Gasteiger partial charge on any atom is 0.333 e. The Morgan fingerprint density at radius 1 is 1.20 bits per heavy atom. The van der Waals surface area contributed by atoms with Crippen LogP contribution in [-0.2, 0) is 19.0 Å². The molecule has 4 nitrogen and oxygen atoms in total. The molecule has 0 aromatic rings. The van der Waals surface area contributed by atoms with Gasteiger partial charge in [0.05, 0.1) is 24.9 Å². The van der Waals surface area contributed by atoms with Gasteiger partial charge in [-0.05, 0) is 64.2 Å². The lowest BCUT2D eigenvalue weighted by molar-refractivity contribution is -0.275. The average Bonchev–Trinajstić information content (AvgIpc) is 2.43. The number of hydrogen-bond acceptors (Lipinski definition) is 4. The molecule has 3 atom stereocenters. The lowest BCUT2D eigenvalue weighted by Gasteiger charge is -2.62. The fraction of sp³-hybridized carbons (Fsp3) is 0.857. The molecule has 5 aliphatic rings. The summed E-state index contributed by atoms with van der Waals surface area (Å²) in [5, 5.41) is 0. The maximum absolute atomic E-state index is 12.2. The highest BCUT2D eigenvalue weighted by Crippen LogP contribution is 2.61. The molecule has 0 amide bonds. The zero-order chi connectivity index (χ0) is 17.9. The highest BCUT2D eigenvalue weighted by Gasteiger charge is 2.61. The van der Waals surface area contributed by atoms with Gasteiger partial charge in [0.15, 0.2) is 0 Å². The van der Waals surface area contributed by atoms with Crippen LogP contribution in [0.1, 0.15) is 65.7 Å².